The van der Waals surface area contributed by atoms with E-state index in [-0.39, 0.29) is 4.77 Å². The van der Waals surface area contributed by atoms with Crippen molar-refractivity contribution in [2.45, 2.75) is 32.1 Å². The molecule has 1 aliphatic heterocycles. The Bertz CT molecular complexity index is 758. The van der Waals surface area contributed by atoms with Gasteiger partial charge in [-0.1, -0.05) is 30.3 Å². The molecule has 4 nitrogen and oxygen atoms in total. The minimum atomic E-state index is -4.49. The van der Waals surface area contributed by atoms with Crippen LogP contribution in [0.4, 0.5) is 13.2 Å². The number of halogens is 3. The average Bonchev–Trinajstić information content (AvgIpc) is 2.86. The molecule has 0 radical (unpaired) electrons. The third-order valence-electron chi connectivity index (χ3n) is 4.70. The first-order chi connectivity index (χ1) is 11.8. The number of rotatable bonds is 4. The van der Waals surface area contributed by atoms with E-state index in [1.165, 1.54) is 17.3 Å². The quantitative estimate of drug-likeness (QED) is 0.764. The van der Waals surface area contributed by atoms with Gasteiger partial charge in [-0.15, -0.1) is 5.10 Å². The van der Waals surface area contributed by atoms with Crippen LogP contribution in [0, 0.1) is 10.7 Å². The lowest BCUT2D eigenvalue weighted by Gasteiger charge is -2.31. The zero-order valence-corrected chi connectivity index (χ0v) is 14.9. The summed E-state index contributed by atoms with van der Waals surface area (Å²) >= 11 is 5.10. The summed E-state index contributed by atoms with van der Waals surface area (Å²) in [5.74, 6) is -0.336. The summed E-state index contributed by atoms with van der Waals surface area (Å²) in [5.41, 5.74) is 1.34. The van der Waals surface area contributed by atoms with E-state index in [4.69, 9.17) is 12.2 Å². The van der Waals surface area contributed by atoms with Gasteiger partial charge < -0.3 is 0 Å². The van der Waals surface area contributed by atoms with Crippen LogP contribution in [-0.4, -0.2) is 32.3 Å². The fourth-order valence-electron chi connectivity index (χ4n) is 3.30. The van der Waals surface area contributed by atoms with Gasteiger partial charge in [0.15, 0.2) is 4.77 Å². The molecule has 1 aromatic heterocycles. The highest BCUT2D eigenvalue weighted by Gasteiger charge is 2.37. The second-order valence-electron chi connectivity index (χ2n) is 6.56. The van der Waals surface area contributed by atoms with Crippen molar-refractivity contribution in [3.05, 3.63) is 46.5 Å². The molecule has 0 amide bonds. The van der Waals surface area contributed by atoms with E-state index >= 15 is 0 Å². The first-order valence-corrected chi connectivity index (χ1v) is 8.72. The van der Waals surface area contributed by atoms with Crippen LogP contribution in [0.3, 0.4) is 0 Å². The van der Waals surface area contributed by atoms with Crippen LogP contribution >= 0.6 is 12.2 Å². The maximum absolute atomic E-state index is 12.9. The molecule has 1 aromatic carbocycles. The van der Waals surface area contributed by atoms with Gasteiger partial charge in [0, 0.05) is 20.1 Å². The van der Waals surface area contributed by atoms with E-state index in [2.05, 4.69) is 22.1 Å². The highest BCUT2D eigenvalue weighted by atomic mass is 32.1. The monoisotopic (exact) mass is 370 g/mol. The number of nitrogens with zero attached hydrogens (tertiary/aromatic N) is 4. The van der Waals surface area contributed by atoms with E-state index in [9.17, 15) is 13.2 Å². The first kappa shape index (κ1) is 18.1. The van der Waals surface area contributed by atoms with Crippen LogP contribution in [-0.2, 0) is 26.3 Å². The van der Waals surface area contributed by atoms with Crippen molar-refractivity contribution in [2.75, 3.05) is 13.1 Å². The van der Waals surface area contributed by atoms with E-state index in [1.807, 2.05) is 18.2 Å². The van der Waals surface area contributed by atoms with Gasteiger partial charge in [0.2, 0.25) is 5.82 Å². The molecule has 0 spiro atoms. The lowest BCUT2D eigenvalue weighted by Crippen LogP contribution is -2.36. The Morgan fingerprint density at radius 1 is 1.16 bits per heavy atom. The lowest BCUT2D eigenvalue weighted by molar-refractivity contribution is -0.147. The molecule has 1 saturated heterocycles. The van der Waals surface area contributed by atoms with Gasteiger partial charge >= 0.3 is 6.18 Å². The van der Waals surface area contributed by atoms with Gasteiger partial charge in [-0.05, 0) is 43.0 Å². The highest BCUT2D eigenvalue weighted by Crippen LogP contribution is 2.28. The third kappa shape index (κ3) is 4.30. The van der Waals surface area contributed by atoms with Gasteiger partial charge in [-0.2, -0.15) is 13.2 Å². The predicted octanol–water partition coefficient (Wildman–Crippen LogP) is 3.88. The summed E-state index contributed by atoms with van der Waals surface area (Å²) in [4.78, 5) is 2.12. The highest BCUT2D eigenvalue weighted by molar-refractivity contribution is 7.71. The normalized spacial score (nSPS) is 17.1. The van der Waals surface area contributed by atoms with Crippen molar-refractivity contribution in [1.29, 1.82) is 0 Å². The van der Waals surface area contributed by atoms with Crippen molar-refractivity contribution in [2.24, 2.45) is 13.0 Å². The number of alkyl halides is 3. The van der Waals surface area contributed by atoms with Crippen LogP contribution < -0.4 is 0 Å². The fraction of sp³-hybridized carbons (Fsp3) is 0.529. The largest absolute Gasteiger partial charge is 0.451 e. The van der Waals surface area contributed by atoms with Crippen LogP contribution in [0.1, 0.15) is 24.2 Å². The number of hydrogen-bond donors (Lipinski definition) is 0. The van der Waals surface area contributed by atoms with Gasteiger partial charge in [-0.3, -0.25) is 9.47 Å². The number of benzene rings is 1. The van der Waals surface area contributed by atoms with Crippen LogP contribution in [0.2, 0.25) is 0 Å². The molecule has 2 heterocycles. The van der Waals surface area contributed by atoms with Gasteiger partial charge in [0.05, 0.1) is 6.67 Å². The summed E-state index contributed by atoms with van der Waals surface area (Å²) in [5, 5.41) is 3.67. The van der Waals surface area contributed by atoms with E-state index in [0.717, 1.165) is 36.9 Å². The molecule has 0 aliphatic carbocycles. The zero-order valence-electron chi connectivity index (χ0n) is 14.0. The zero-order chi connectivity index (χ0) is 18.0. The predicted molar refractivity (Wildman–Crippen MR) is 91.5 cm³/mol. The molecular formula is C17H21F3N4S. The van der Waals surface area contributed by atoms with E-state index in [1.54, 1.807) is 0 Å². The SMILES string of the molecule is Cn1c(C(F)(F)F)nn(CN2CCC(Cc3ccccc3)CC2)c1=S. The molecule has 0 saturated carbocycles. The third-order valence-corrected chi connectivity index (χ3v) is 5.19. The van der Waals surface area contributed by atoms with Gasteiger partial charge in [0.1, 0.15) is 0 Å². The van der Waals surface area contributed by atoms with Crippen molar-refractivity contribution >= 4 is 12.2 Å². The molecule has 2 aromatic rings. The Hall–Kier alpha value is -1.67. The molecule has 1 aliphatic rings. The topological polar surface area (TPSA) is 26.0 Å². The fourth-order valence-corrected chi connectivity index (χ4v) is 3.48. The smallest absolute Gasteiger partial charge is 0.299 e. The minimum absolute atomic E-state index is 0.0961. The maximum atomic E-state index is 12.9. The molecule has 136 valence electrons. The molecule has 8 heteroatoms. The average molecular weight is 370 g/mol. The number of piperidine rings is 1. The molecule has 0 bridgehead atoms. The van der Waals surface area contributed by atoms with Crippen LogP contribution in [0.5, 0.6) is 0 Å². The lowest BCUT2D eigenvalue weighted by atomic mass is 9.90. The van der Waals surface area contributed by atoms with Crippen molar-refractivity contribution in [3.8, 4) is 0 Å². The molecule has 25 heavy (non-hydrogen) atoms. The second kappa shape index (κ2) is 7.29. The molecular weight excluding hydrogens is 349 g/mol. The first-order valence-electron chi connectivity index (χ1n) is 8.32. The number of hydrogen-bond acceptors (Lipinski definition) is 3. The minimum Gasteiger partial charge on any atom is -0.299 e. The summed E-state index contributed by atoms with van der Waals surface area (Å²) in [6, 6.07) is 10.4. The molecule has 0 atom stereocenters. The standard InChI is InChI=1S/C17H21F3N4S/c1-22-15(17(18,19)20)21-24(16(22)25)12-23-9-7-14(8-10-23)11-13-5-3-2-4-6-13/h2-6,14H,7-12H2,1H3. The molecule has 0 unspecified atom stereocenters. The Balaban J connectivity index is 1.59. The Morgan fingerprint density at radius 2 is 1.80 bits per heavy atom. The molecule has 0 N–H and O–H groups in total. The number of aromatic nitrogens is 3. The Morgan fingerprint density at radius 3 is 2.36 bits per heavy atom. The Kier molecular flexibility index (Phi) is 5.29. The van der Waals surface area contributed by atoms with Gasteiger partial charge in [0.25, 0.3) is 0 Å². The summed E-state index contributed by atoms with van der Waals surface area (Å²) < 4.78 is 41.1. The van der Waals surface area contributed by atoms with Crippen LogP contribution in [0.25, 0.3) is 0 Å². The van der Waals surface area contributed by atoms with Crippen molar-refractivity contribution in [3.63, 3.8) is 0 Å². The molecule has 3 rings (SSSR count). The second-order valence-corrected chi connectivity index (χ2v) is 6.92. The summed E-state index contributed by atoms with van der Waals surface area (Å²) in [6.07, 6.45) is -1.38. The maximum Gasteiger partial charge on any atom is 0.451 e. The summed E-state index contributed by atoms with van der Waals surface area (Å²) in [6.45, 7) is 2.00. The van der Waals surface area contributed by atoms with Crippen LogP contribution in [0.15, 0.2) is 30.3 Å². The van der Waals surface area contributed by atoms with Crippen molar-refractivity contribution < 1.29 is 13.2 Å². The summed E-state index contributed by atoms with van der Waals surface area (Å²) in [7, 11) is 1.31. The Labute approximate surface area is 149 Å². The van der Waals surface area contributed by atoms with E-state index in [0.29, 0.717) is 12.6 Å². The van der Waals surface area contributed by atoms with E-state index < -0.39 is 12.0 Å². The molecule has 1 fully saturated rings. The van der Waals surface area contributed by atoms with Crippen molar-refractivity contribution in [1.82, 2.24) is 19.2 Å². The number of likely N-dealkylation sites (tertiary alicyclic amines) is 1. The van der Waals surface area contributed by atoms with Gasteiger partial charge in [-0.25, -0.2) is 4.68 Å².